The van der Waals surface area contributed by atoms with Crippen LogP contribution in [0, 0.1) is 0 Å². The lowest BCUT2D eigenvalue weighted by Gasteiger charge is -2.31. The van der Waals surface area contributed by atoms with E-state index in [4.69, 9.17) is 4.98 Å². The van der Waals surface area contributed by atoms with Crippen LogP contribution in [0.4, 0.5) is 0 Å². The number of nitrogens with one attached hydrogen (secondary N) is 1. The summed E-state index contributed by atoms with van der Waals surface area (Å²) in [5, 5.41) is 0. The van der Waals surface area contributed by atoms with E-state index in [0.29, 0.717) is 5.92 Å². The van der Waals surface area contributed by atoms with Crippen LogP contribution in [0.1, 0.15) is 142 Å². The molecule has 152 valence electrons. The maximum atomic E-state index is 4.92. The fourth-order valence-electron chi connectivity index (χ4n) is 4.31. The Kier molecular flexibility index (Phi) is 12.0. The third-order valence-electron chi connectivity index (χ3n) is 6.13. The number of aromatic amines is 1. The first kappa shape index (κ1) is 23.2. The Bertz CT molecular complexity index is 431. The molecule has 0 atom stereocenters. The predicted molar refractivity (Wildman–Crippen MR) is 116 cm³/mol. The lowest BCUT2D eigenvalue weighted by molar-refractivity contribution is 0.358. The second kappa shape index (κ2) is 13.4. The van der Waals surface area contributed by atoms with Crippen molar-refractivity contribution < 1.29 is 0 Å². The van der Waals surface area contributed by atoms with E-state index in [9.17, 15) is 0 Å². The molecule has 1 rings (SSSR count). The quantitative estimate of drug-likeness (QED) is 0.294. The van der Waals surface area contributed by atoms with Crippen LogP contribution < -0.4 is 0 Å². The molecule has 1 heterocycles. The maximum absolute atomic E-state index is 4.92. The lowest BCUT2D eigenvalue weighted by atomic mass is 9.74. The first-order valence-corrected chi connectivity index (χ1v) is 11.7. The van der Waals surface area contributed by atoms with Crippen molar-refractivity contribution in [2.45, 2.75) is 136 Å². The number of H-pyrrole nitrogens is 1. The molecule has 0 radical (unpaired) electrons. The van der Waals surface area contributed by atoms with Gasteiger partial charge in [0.1, 0.15) is 0 Å². The number of nitrogens with zero attached hydrogens (tertiary/aromatic N) is 1. The molecule has 1 aromatic rings. The minimum atomic E-state index is 0.245. The molecule has 0 aromatic carbocycles. The highest BCUT2D eigenvalue weighted by Crippen LogP contribution is 2.39. The van der Waals surface area contributed by atoms with Gasteiger partial charge in [-0.1, -0.05) is 98.8 Å². The molecule has 0 aliphatic rings. The Morgan fingerprint density at radius 1 is 0.808 bits per heavy atom. The molecular weight excluding hydrogens is 316 g/mol. The second-order valence-corrected chi connectivity index (χ2v) is 8.62. The summed E-state index contributed by atoms with van der Waals surface area (Å²) in [6, 6.07) is 0. The minimum Gasteiger partial charge on any atom is -0.348 e. The first-order chi connectivity index (χ1) is 12.6. The van der Waals surface area contributed by atoms with Gasteiger partial charge in [0.15, 0.2) is 0 Å². The molecule has 0 aliphatic carbocycles. The van der Waals surface area contributed by atoms with Crippen molar-refractivity contribution in [1.82, 2.24) is 9.97 Å². The fourth-order valence-corrected chi connectivity index (χ4v) is 4.31. The van der Waals surface area contributed by atoms with Crippen LogP contribution in [0.2, 0.25) is 0 Å². The summed E-state index contributed by atoms with van der Waals surface area (Å²) >= 11 is 0. The van der Waals surface area contributed by atoms with Crippen LogP contribution in [0.5, 0.6) is 0 Å². The third kappa shape index (κ3) is 7.45. The Balaban J connectivity index is 3.01. The molecule has 0 saturated heterocycles. The van der Waals surface area contributed by atoms with Gasteiger partial charge in [0.25, 0.3) is 0 Å². The van der Waals surface area contributed by atoms with Crippen molar-refractivity contribution in [3.8, 4) is 0 Å². The van der Waals surface area contributed by atoms with Crippen LogP contribution in [0.3, 0.4) is 0 Å². The molecule has 0 saturated carbocycles. The van der Waals surface area contributed by atoms with Crippen LogP contribution in [-0.4, -0.2) is 9.97 Å². The molecule has 0 unspecified atom stereocenters. The summed E-state index contributed by atoms with van der Waals surface area (Å²) in [5.41, 5.74) is 3.12. The zero-order valence-corrected chi connectivity index (χ0v) is 18.5. The molecule has 2 nitrogen and oxygen atoms in total. The molecule has 0 aliphatic heterocycles. The fraction of sp³-hybridized carbons (Fsp3) is 0.875. The third-order valence-corrected chi connectivity index (χ3v) is 6.13. The van der Waals surface area contributed by atoms with E-state index in [-0.39, 0.29) is 5.41 Å². The largest absolute Gasteiger partial charge is 0.348 e. The molecular formula is C24H46N2. The van der Waals surface area contributed by atoms with Gasteiger partial charge < -0.3 is 4.98 Å². The van der Waals surface area contributed by atoms with Crippen LogP contribution in [-0.2, 0) is 5.41 Å². The normalized spacial score (nSPS) is 12.2. The zero-order valence-electron chi connectivity index (χ0n) is 18.5. The van der Waals surface area contributed by atoms with Gasteiger partial charge in [-0.15, -0.1) is 0 Å². The topological polar surface area (TPSA) is 28.7 Å². The van der Waals surface area contributed by atoms with Crippen molar-refractivity contribution in [2.75, 3.05) is 0 Å². The SMILES string of the molecule is CCCCCC(CCCCC)c1[nH]cnc1C(C)(CCCC)CCCC. The summed E-state index contributed by atoms with van der Waals surface area (Å²) < 4.78 is 0. The van der Waals surface area contributed by atoms with Gasteiger partial charge in [-0.2, -0.15) is 0 Å². The Labute approximate surface area is 164 Å². The molecule has 0 bridgehead atoms. The Morgan fingerprint density at radius 2 is 1.31 bits per heavy atom. The number of aromatic nitrogens is 2. The second-order valence-electron chi connectivity index (χ2n) is 8.62. The molecule has 0 fully saturated rings. The van der Waals surface area contributed by atoms with E-state index < -0.39 is 0 Å². The molecule has 0 amide bonds. The average Bonchev–Trinajstić information content (AvgIpc) is 3.14. The molecule has 1 N–H and O–H groups in total. The molecule has 1 aromatic heterocycles. The smallest absolute Gasteiger partial charge is 0.0925 e. The molecule has 0 spiro atoms. The monoisotopic (exact) mass is 362 g/mol. The van der Waals surface area contributed by atoms with Gasteiger partial charge in [-0.3, -0.25) is 0 Å². The van der Waals surface area contributed by atoms with Crippen LogP contribution >= 0.6 is 0 Å². The lowest BCUT2D eigenvalue weighted by Crippen LogP contribution is -2.25. The van der Waals surface area contributed by atoms with Crippen molar-refractivity contribution in [1.29, 1.82) is 0 Å². The van der Waals surface area contributed by atoms with E-state index in [1.807, 2.05) is 6.33 Å². The van der Waals surface area contributed by atoms with E-state index in [2.05, 4.69) is 39.6 Å². The van der Waals surface area contributed by atoms with Crippen molar-refractivity contribution >= 4 is 0 Å². The number of hydrogen-bond donors (Lipinski definition) is 1. The number of unbranched alkanes of at least 4 members (excludes halogenated alkanes) is 6. The highest BCUT2D eigenvalue weighted by Gasteiger charge is 2.32. The summed E-state index contributed by atoms with van der Waals surface area (Å²) in [6.45, 7) is 11.7. The van der Waals surface area contributed by atoms with Gasteiger partial charge in [-0.25, -0.2) is 4.98 Å². The Hall–Kier alpha value is -0.790. The van der Waals surface area contributed by atoms with Gasteiger partial charge in [-0.05, 0) is 25.7 Å². The van der Waals surface area contributed by atoms with Crippen molar-refractivity contribution in [3.63, 3.8) is 0 Å². The van der Waals surface area contributed by atoms with E-state index >= 15 is 0 Å². The Morgan fingerprint density at radius 3 is 1.77 bits per heavy atom. The molecule has 2 heteroatoms. The summed E-state index contributed by atoms with van der Waals surface area (Å²) in [5.74, 6) is 0.674. The predicted octanol–water partition coefficient (Wildman–Crippen LogP) is 8.29. The van der Waals surface area contributed by atoms with Gasteiger partial charge in [0, 0.05) is 17.0 Å². The summed E-state index contributed by atoms with van der Waals surface area (Å²) in [7, 11) is 0. The van der Waals surface area contributed by atoms with Gasteiger partial charge >= 0.3 is 0 Å². The maximum Gasteiger partial charge on any atom is 0.0925 e. The number of imidazole rings is 1. The summed E-state index contributed by atoms with van der Waals surface area (Å²) in [6.07, 6.45) is 20.4. The van der Waals surface area contributed by atoms with Gasteiger partial charge in [0.2, 0.25) is 0 Å². The highest BCUT2D eigenvalue weighted by atomic mass is 14.9. The van der Waals surface area contributed by atoms with Crippen molar-refractivity contribution in [3.05, 3.63) is 17.7 Å². The van der Waals surface area contributed by atoms with E-state index in [1.165, 1.54) is 101 Å². The standard InChI is InChI=1S/C24H46N2/c1-6-10-14-16-21(17-15-11-7-2)22-23(26-20-25-22)24(5,18-12-8-3)19-13-9-4/h20-21H,6-19H2,1-5H3,(H,25,26). The zero-order chi connectivity index (χ0) is 19.3. The first-order valence-electron chi connectivity index (χ1n) is 11.7. The van der Waals surface area contributed by atoms with E-state index in [0.717, 1.165) is 0 Å². The molecule has 26 heavy (non-hydrogen) atoms. The van der Waals surface area contributed by atoms with Crippen LogP contribution in [0.25, 0.3) is 0 Å². The number of rotatable bonds is 16. The minimum absolute atomic E-state index is 0.245. The van der Waals surface area contributed by atoms with Crippen molar-refractivity contribution in [2.24, 2.45) is 0 Å². The van der Waals surface area contributed by atoms with Crippen LogP contribution in [0.15, 0.2) is 6.33 Å². The summed E-state index contributed by atoms with van der Waals surface area (Å²) in [4.78, 5) is 8.52. The van der Waals surface area contributed by atoms with Gasteiger partial charge in [0.05, 0.1) is 12.0 Å². The van der Waals surface area contributed by atoms with E-state index in [1.54, 1.807) is 0 Å². The average molecular weight is 363 g/mol. The highest BCUT2D eigenvalue weighted by molar-refractivity contribution is 5.25. The number of hydrogen-bond acceptors (Lipinski definition) is 1.